The van der Waals surface area contributed by atoms with Crippen LogP contribution in [0.2, 0.25) is 0 Å². The van der Waals surface area contributed by atoms with Gasteiger partial charge in [0.25, 0.3) is 5.91 Å². The Balaban J connectivity index is 1.79. The number of hydrogen-bond acceptors (Lipinski definition) is 3. The Hall–Kier alpha value is -2.82. The lowest BCUT2D eigenvalue weighted by Gasteiger charge is -2.30. The van der Waals surface area contributed by atoms with Crippen molar-refractivity contribution in [2.45, 2.75) is 40.2 Å². The number of aromatic amines is 1. The number of rotatable bonds is 4. The quantitative estimate of drug-likeness (QED) is 0.740. The van der Waals surface area contributed by atoms with E-state index in [1.165, 1.54) is 16.7 Å². The molecule has 0 radical (unpaired) electrons. The minimum Gasteiger partial charge on any atom is -0.355 e. The maximum absolute atomic E-state index is 12.6. The molecule has 3 heterocycles. The zero-order valence-corrected chi connectivity index (χ0v) is 16.2. The summed E-state index contributed by atoms with van der Waals surface area (Å²) in [6.07, 6.45) is 1.90. The fourth-order valence-corrected chi connectivity index (χ4v) is 3.78. The van der Waals surface area contributed by atoms with E-state index in [9.17, 15) is 4.79 Å². The summed E-state index contributed by atoms with van der Waals surface area (Å²) in [7, 11) is 0. The SMILES string of the molecule is CCCNC(=O)c1cc2c(C)c(C)[nH]c2c(N2CCc3ccccc3C2)n1. The Kier molecular flexibility index (Phi) is 4.60. The number of aryl methyl sites for hydroxylation is 2. The van der Waals surface area contributed by atoms with Crippen molar-refractivity contribution in [3.63, 3.8) is 0 Å². The Morgan fingerprint density at radius 2 is 2.04 bits per heavy atom. The van der Waals surface area contributed by atoms with Crippen LogP contribution in [0.15, 0.2) is 30.3 Å². The zero-order valence-electron chi connectivity index (χ0n) is 16.2. The van der Waals surface area contributed by atoms with Crippen molar-refractivity contribution in [2.75, 3.05) is 18.0 Å². The molecule has 27 heavy (non-hydrogen) atoms. The van der Waals surface area contributed by atoms with Gasteiger partial charge in [-0.25, -0.2) is 4.98 Å². The molecule has 5 nitrogen and oxygen atoms in total. The Labute approximate surface area is 159 Å². The molecule has 1 amide bonds. The molecule has 0 saturated heterocycles. The molecule has 1 aromatic carbocycles. The van der Waals surface area contributed by atoms with E-state index in [0.717, 1.165) is 48.3 Å². The van der Waals surface area contributed by atoms with E-state index in [1.807, 2.05) is 13.0 Å². The molecule has 5 heteroatoms. The molecule has 1 aliphatic heterocycles. The van der Waals surface area contributed by atoms with Crippen molar-refractivity contribution < 1.29 is 4.79 Å². The van der Waals surface area contributed by atoms with Crippen LogP contribution in [0, 0.1) is 13.8 Å². The highest BCUT2D eigenvalue weighted by atomic mass is 16.1. The van der Waals surface area contributed by atoms with Crippen LogP contribution in [-0.2, 0) is 13.0 Å². The maximum atomic E-state index is 12.6. The van der Waals surface area contributed by atoms with Crippen molar-refractivity contribution in [2.24, 2.45) is 0 Å². The number of carbonyl (C=O) groups is 1. The number of H-pyrrole nitrogens is 1. The van der Waals surface area contributed by atoms with Gasteiger partial charge in [0.1, 0.15) is 5.69 Å². The summed E-state index contributed by atoms with van der Waals surface area (Å²) < 4.78 is 0. The molecule has 3 aromatic rings. The zero-order chi connectivity index (χ0) is 19.0. The number of aromatic nitrogens is 2. The predicted octanol–water partition coefficient (Wildman–Crippen LogP) is 3.88. The molecule has 0 aliphatic carbocycles. The average molecular weight is 362 g/mol. The van der Waals surface area contributed by atoms with Crippen LogP contribution < -0.4 is 10.2 Å². The van der Waals surface area contributed by atoms with E-state index in [1.54, 1.807) is 0 Å². The molecule has 4 rings (SSSR count). The van der Waals surface area contributed by atoms with E-state index >= 15 is 0 Å². The largest absolute Gasteiger partial charge is 0.355 e. The molecule has 1 aliphatic rings. The monoisotopic (exact) mass is 362 g/mol. The van der Waals surface area contributed by atoms with Gasteiger partial charge in [0, 0.05) is 30.7 Å². The van der Waals surface area contributed by atoms with Crippen LogP contribution in [0.5, 0.6) is 0 Å². The predicted molar refractivity (Wildman–Crippen MR) is 109 cm³/mol. The summed E-state index contributed by atoms with van der Waals surface area (Å²) >= 11 is 0. The summed E-state index contributed by atoms with van der Waals surface area (Å²) in [4.78, 5) is 23.2. The fraction of sp³-hybridized carbons (Fsp3) is 0.364. The first-order valence-electron chi connectivity index (χ1n) is 9.68. The molecule has 0 atom stereocenters. The number of carbonyl (C=O) groups excluding carboxylic acids is 1. The molecule has 140 valence electrons. The van der Waals surface area contributed by atoms with Crippen LogP contribution in [0.1, 0.15) is 46.2 Å². The molecule has 0 unspecified atom stereocenters. The summed E-state index contributed by atoms with van der Waals surface area (Å²) in [6.45, 7) is 8.59. The van der Waals surface area contributed by atoms with Gasteiger partial charge in [-0.3, -0.25) is 4.79 Å². The highest BCUT2D eigenvalue weighted by molar-refractivity contribution is 6.00. The third-order valence-corrected chi connectivity index (χ3v) is 5.48. The molecular formula is C22H26N4O. The molecular weight excluding hydrogens is 336 g/mol. The van der Waals surface area contributed by atoms with Crippen LogP contribution in [-0.4, -0.2) is 29.0 Å². The van der Waals surface area contributed by atoms with Gasteiger partial charge in [-0.15, -0.1) is 0 Å². The van der Waals surface area contributed by atoms with Crippen molar-refractivity contribution in [1.29, 1.82) is 0 Å². The number of amides is 1. The molecule has 2 aromatic heterocycles. The van der Waals surface area contributed by atoms with Crippen molar-refractivity contribution in [1.82, 2.24) is 15.3 Å². The molecule has 0 fully saturated rings. The molecule has 2 N–H and O–H groups in total. The second-order valence-electron chi connectivity index (χ2n) is 7.32. The summed E-state index contributed by atoms with van der Waals surface area (Å²) in [5, 5.41) is 4.04. The molecule has 0 spiro atoms. The van der Waals surface area contributed by atoms with Crippen molar-refractivity contribution >= 4 is 22.6 Å². The highest BCUT2D eigenvalue weighted by Crippen LogP contribution is 2.32. The van der Waals surface area contributed by atoms with E-state index in [-0.39, 0.29) is 5.91 Å². The third kappa shape index (κ3) is 3.18. The Bertz CT molecular complexity index is 1000. The number of benzene rings is 1. The fourth-order valence-electron chi connectivity index (χ4n) is 3.78. The maximum Gasteiger partial charge on any atom is 0.269 e. The van der Waals surface area contributed by atoms with Gasteiger partial charge >= 0.3 is 0 Å². The van der Waals surface area contributed by atoms with Gasteiger partial charge < -0.3 is 15.2 Å². The topological polar surface area (TPSA) is 61.0 Å². The van der Waals surface area contributed by atoms with E-state index in [0.29, 0.717) is 12.2 Å². The normalized spacial score (nSPS) is 13.7. The average Bonchev–Trinajstić information content (AvgIpc) is 2.99. The molecule has 0 bridgehead atoms. The standard InChI is InChI=1S/C22H26N4O/c1-4-10-23-22(27)19-12-18-14(2)15(3)24-20(18)21(25-19)26-11-9-16-7-5-6-8-17(16)13-26/h5-8,12,24H,4,9-11,13H2,1-3H3,(H,23,27). The van der Waals surface area contributed by atoms with Gasteiger partial charge in [-0.2, -0.15) is 0 Å². The number of nitrogens with zero attached hydrogens (tertiary/aromatic N) is 2. The first kappa shape index (κ1) is 17.6. The minimum atomic E-state index is -0.101. The van der Waals surface area contributed by atoms with Gasteiger partial charge in [0.05, 0.1) is 5.52 Å². The second-order valence-corrected chi connectivity index (χ2v) is 7.32. The second kappa shape index (κ2) is 7.06. The van der Waals surface area contributed by atoms with Crippen LogP contribution >= 0.6 is 0 Å². The Morgan fingerprint density at radius 1 is 1.26 bits per heavy atom. The van der Waals surface area contributed by atoms with Gasteiger partial charge in [0.15, 0.2) is 5.82 Å². The lowest BCUT2D eigenvalue weighted by Crippen LogP contribution is -2.32. The van der Waals surface area contributed by atoms with Crippen LogP contribution in [0.3, 0.4) is 0 Å². The lowest BCUT2D eigenvalue weighted by atomic mass is 10.00. The number of hydrogen-bond donors (Lipinski definition) is 2. The van der Waals surface area contributed by atoms with Crippen molar-refractivity contribution in [3.05, 3.63) is 58.4 Å². The van der Waals surface area contributed by atoms with Crippen LogP contribution in [0.4, 0.5) is 5.82 Å². The first-order valence-corrected chi connectivity index (χ1v) is 9.68. The first-order chi connectivity index (χ1) is 13.1. The van der Waals surface area contributed by atoms with Gasteiger partial charge in [-0.1, -0.05) is 31.2 Å². The van der Waals surface area contributed by atoms with Crippen molar-refractivity contribution in [3.8, 4) is 0 Å². The van der Waals surface area contributed by atoms with E-state index in [4.69, 9.17) is 4.98 Å². The minimum absolute atomic E-state index is 0.101. The summed E-state index contributed by atoms with van der Waals surface area (Å²) in [5.41, 5.74) is 6.55. The number of fused-ring (bicyclic) bond motifs is 2. The summed E-state index contributed by atoms with van der Waals surface area (Å²) in [5.74, 6) is 0.774. The molecule has 0 saturated carbocycles. The smallest absolute Gasteiger partial charge is 0.269 e. The number of nitrogens with one attached hydrogen (secondary N) is 2. The van der Waals surface area contributed by atoms with E-state index < -0.39 is 0 Å². The van der Waals surface area contributed by atoms with Gasteiger partial charge in [-0.05, 0) is 49.4 Å². The lowest BCUT2D eigenvalue weighted by molar-refractivity contribution is 0.0949. The van der Waals surface area contributed by atoms with Gasteiger partial charge in [0.2, 0.25) is 0 Å². The van der Waals surface area contributed by atoms with E-state index in [2.05, 4.69) is 53.3 Å². The number of pyridine rings is 1. The summed E-state index contributed by atoms with van der Waals surface area (Å²) in [6, 6.07) is 10.5. The van der Waals surface area contributed by atoms with Crippen LogP contribution in [0.25, 0.3) is 10.9 Å². The third-order valence-electron chi connectivity index (χ3n) is 5.48. The Morgan fingerprint density at radius 3 is 2.81 bits per heavy atom. The number of anilines is 1. The highest BCUT2D eigenvalue weighted by Gasteiger charge is 2.23.